The zero-order chi connectivity index (χ0) is 20.4. The number of carbonyl (C=O) groups is 2. The highest BCUT2D eigenvalue weighted by Crippen LogP contribution is 2.30. The van der Waals surface area contributed by atoms with Crippen LogP contribution >= 0.6 is 11.6 Å². The van der Waals surface area contributed by atoms with Gasteiger partial charge in [-0.05, 0) is 55.9 Å². The molecule has 2 fully saturated rings. The lowest BCUT2D eigenvalue weighted by atomic mass is 9.89. The summed E-state index contributed by atoms with van der Waals surface area (Å²) < 4.78 is 0. The molecule has 1 saturated carbocycles. The number of aromatic nitrogens is 1. The van der Waals surface area contributed by atoms with Crippen LogP contribution in [0.25, 0.3) is 10.9 Å². The fourth-order valence-electron chi connectivity index (χ4n) is 4.57. The van der Waals surface area contributed by atoms with Crippen molar-refractivity contribution in [3.63, 3.8) is 0 Å². The van der Waals surface area contributed by atoms with Gasteiger partial charge in [0.05, 0.1) is 16.1 Å². The Morgan fingerprint density at radius 3 is 2.66 bits per heavy atom. The third kappa shape index (κ3) is 4.17. The van der Waals surface area contributed by atoms with Crippen LogP contribution in [0.4, 0.5) is 5.82 Å². The van der Waals surface area contributed by atoms with E-state index in [4.69, 9.17) is 11.6 Å². The summed E-state index contributed by atoms with van der Waals surface area (Å²) in [6, 6.07) is 6.54. The molecule has 1 atom stereocenters. The van der Waals surface area contributed by atoms with Crippen molar-refractivity contribution >= 4 is 40.2 Å². The number of nitrogens with zero attached hydrogens (tertiary/aromatic N) is 2. The first-order valence-electron chi connectivity index (χ1n) is 10.4. The Bertz CT molecular complexity index is 927. The Kier molecular flexibility index (Phi) is 5.90. The van der Waals surface area contributed by atoms with E-state index in [0.29, 0.717) is 52.7 Å². The van der Waals surface area contributed by atoms with Crippen molar-refractivity contribution in [2.24, 2.45) is 5.92 Å². The van der Waals surface area contributed by atoms with Gasteiger partial charge in [-0.3, -0.25) is 4.79 Å². The van der Waals surface area contributed by atoms with Gasteiger partial charge in [0.2, 0.25) is 0 Å². The van der Waals surface area contributed by atoms with E-state index in [0.717, 1.165) is 19.3 Å². The zero-order valence-electron chi connectivity index (χ0n) is 16.4. The van der Waals surface area contributed by atoms with Crippen molar-refractivity contribution in [1.29, 1.82) is 0 Å². The minimum atomic E-state index is -0.830. The van der Waals surface area contributed by atoms with Gasteiger partial charge in [0.25, 0.3) is 5.91 Å². The van der Waals surface area contributed by atoms with Gasteiger partial charge in [-0.25, -0.2) is 9.78 Å². The molecule has 1 amide bonds. The number of anilines is 1. The number of hydrogen-bond donors (Lipinski definition) is 2. The molecule has 2 heterocycles. The number of hydrogen-bond acceptors (Lipinski definition) is 4. The van der Waals surface area contributed by atoms with Crippen molar-refractivity contribution < 1.29 is 14.7 Å². The Morgan fingerprint density at radius 1 is 1.10 bits per heavy atom. The molecule has 1 saturated heterocycles. The minimum Gasteiger partial charge on any atom is -0.480 e. The minimum absolute atomic E-state index is 0.176. The summed E-state index contributed by atoms with van der Waals surface area (Å²) >= 11 is 6.37. The van der Waals surface area contributed by atoms with Crippen LogP contribution in [0, 0.1) is 5.92 Å². The van der Waals surface area contributed by atoms with Crippen LogP contribution < -0.4 is 10.2 Å². The molecule has 1 aromatic carbocycles. The molecule has 1 aliphatic carbocycles. The molecule has 4 rings (SSSR count). The SMILES string of the molecule is O=C(NCC1CCCCC1)c1c(Cl)ccc2nc(N3CCC[C@@H]3C(=O)O)ccc12. The predicted octanol–water partition coefficient (Wildman–Crippen LogP) is 4.25. The van der Waals surface area contributed by atoms with Crippen molar-refractivity contribution in [1.82, 2.24) is 10.3 Å². The first-order chi connectivity index (χ1) is 14.0. The highest BCUT2D eigenvalue weighted by atomic mass is 35.5. The molecule has 2 aromatic rings. The third-order valence-corrected chi connectivity index (χ3v) is 6.46. The van der Waals surface area contributed by atoms with Gasteiger partial charge in [0.1, 0.15) is 11.9 Å². The number of halogens is 1. The second kappa shape index (κ2) is 8.57. The molecule has 2 aliphatic rings. The van der Waals surface area contributed by atoms with Crippen molar-refractivity contribution in [2.45, 2.75) is 51.0 Å². The molecule has 0 radical (unpaired) electrons. The molecule has 0 unspecified atom stereocenters. The van der Waals surface area contributed by atoms with Crippen LogP contribution in [0.1, 0.15) is 55.3 Å². The van der Waals surface area contributed by atoms with Crippen molar-refractivity contribution in [2.75, 3.05) is 18.0 Å². The number of carboxylic acid groups (broad SMARTS) is 1. The predicted molar refractivity (Wildman–Crippen MR) is 114 cm³/mol. The monoisotopic (exact) mass is 415 g/mol. The molecule has 154 valence electrons. The summed E-state index contributed by atoms with van der Waals surface area (Å²) in [5.74, 6) is 0.154. The van der Waals surface area contributed by atoms with E-state index in [2.05, 4.69) is 10.3 Å². The highest BCUT2D eigenvalue weighted by molar-refractivity contribution is 6.35. The molecule has 0 spiro atoms. The molecule has 1 aliphatic heterocycles. The van der Waals surface area contributed by atoms with Crippen LogP contribution in [-0.4, -0.2) is 41.1 Å². The number of aliphatic carboxylic acids is 1. The summed E-state index contributed by atoms with van der Waals surface area (Å²) in [6.45, 7) is 1.34. The number of pyridine rings is 1. The third-order valence-electron chi connectivity index (χ3n) is 6.14. The fraction of sp³-hybridized carbons (Fsp3) is 0.500. The van der Waals surface area contributed by atoms with Crippen LogP contribution in [0.2, 0.25) is 5.02 Å². The fourth-order valence-corrected chi connectivity index (χ4v) is 4.82. The molecular weight excluding hydrogens is 390 g/mol. The first kappa shape index (κ1) is 20.0. The van der Waals surface area contributed by atoms with Crippen molar-refractivity contribution in [3.05, 3.63) is 34.9 Å². The second-order valence-corrected chi connectivity index (χ2v) is 8.47. The average molecular weight is 416 g/mol. The number of benzene rings is 1. The number of carboxylic acids is 1. The smallest absolute Gasteiger partial charge is 0.326 e. The topological polar surface area (TPSA) is 82.5 Å². The lowest BCUT2D eigenvalue weighted by Gasteiger charge is -2.23. The second-order valence-electron chi connectivity index (χ2n) is 8.06. The van der Waals surface area contributed by atoms with E-state index < -0.39 is 12.0 Å². The molecule has 0 bridgehead atoms. The van der Waals surface area contributed by atoms with E-state index >= 15 is 0 Å². The molecular formula is C22H26ClN3O3. The summed E-state index contributed by atoms with van der Waals surface area (Å²) in [6.07, 6.45) is 7.51. The van der Waals surface area contributed by atoms with Gasteiger partial charge in [-0.1, -0.05) is 30.9 Å². The number of nitrogens with one attached hydrogen (secondary N) is 1. The Hall–Kier alpha value is -2.34. The molecule has 7 heteroatoms. The molecule has 1 aromatic heterocycles. The zero-order valence-corrected chi connectivity index (χ0v) is 17.1. The lowest BCUT2D eigenvalue weighted by Crippen LogP contribution is -2.36. The van der Waals surface area contributed by atoms with E-state index in [-0.39, 0.29) is 5.91 Å². The summed E-state index contributed by atoms with van der Waals surface area (Å²) in [4.78, 5) is 30.9. The summed E-state index contributed by atoms with van der Waals surface area (Å²) in [5.41, 5.74) is 1.08. The standard InChI is InChI=1S/C22H26ClN3O3/c23-16-9-10-17-15(20(16)21(27)24-13-14-5-2-1-3-6-14)8-11-19(25-17)26-12-4-7-18(26)22(28)29/h8-11,14,18H,1-7,12-13H2,(H,24,27)(H,28,29)/t18-/m1/s1. The van der Waals surface area contributed by atoms with Crippen LogP contribution in [-0.2, 0) is 4.79 Å². The van der Waals surface area contributed by atoms with Gasteiger partial charge in [0, 0.05) is 18.5 Å². The molecule has 29 heavy (non-hydrogen) atoms. The highest BCUT2D eigenvalue weighted by Gasteiger charge is 2.31. The van der Waals surface area contributed by atoms with E-state index in [1.165, 1.54) is 19.3 Å². The quantitative estimate of drug-likeness (QED) is 0.762. The normalized spacial score (nSPS) is 20.2. The Morgan fingerprint density at radius 2 is 1.90 bits per heavy atom. The van der Waals surface area contributed by atoms with E-state index in [1.54, 1.807) is 18.2 Å². The molecule has 6 nitrogen and oxygen atoms in total. The number of fused-ring (bicyclic) bond motifs is 1. The van der Waals surface area contributed by atoms with Crippen LogP contribution in [0.15, 0.2) is 24.3 Å². The number of rotatable bonds is 5. The van der Waals surface area contributed by atoms with Gasteiger partial charge in [-0.2, -0.15) is 0 Å². The number of carbonyl (C=O) groups excluding carboxylic acids is 1. The van der Waals surface area contributed by atoms with E-state index in [1.807, 2.05) is 11.0 Å². The van der Waals surface area contributed by atoms with Gasteiger partial charge in [0.15, 0.2) is 0 Å². The average Bonchev–Trinajstić information content (AvgIpc) is 3.23. The van der Waals surface area contributed by atoms with Crippen LogP contribution in [0.3, 0.4) is 0 Å². The maximum absolute atomic E-state index is 12.9. The van der Waals surface area contributed by atoms with Gasteiger partial charge in [-0.15, -0.1) is 0 Å². The maximum Gasteiger partial charge on any atom is 0.326 e. The van der Waals surface area contributed by atoms with Crippen molar-refractivity contribution in [3.8, 4) is 0 Å². The van der Waals surface area contributed by atoms with Gasteiger partial charge < -0.3 is 15.3 Å². The summed E-state index contributed by atoms with van der Waals surface area (Å²) in [5, 5.41) is 13.6. The first-order valence-corrected chi connectivity index (χ1v) is 10.8. The van der Waals surface area contributed by atoms with Gasteiger partial charge >= 0.3 is 5.97 Å². The largest absolute Gasteiger partial charge is 0.480 e. The number of amides is 1. The Labute approximate surface area is 175 Å². The van der Waals surface area contributed by atoms with E-state index in [9.17, 15) is 14.7 Å². The lowest BCUT2D eigenvalue weighted by molar-refractivity contribution is -0.138. The summed E-state index contributed by atoms with van der Waals surface area (Å²) in [7, 11) is 0. The maximum atomic E-state index is 12.9. The van der Waals surface area contributed by atoms with Crippen LogP contribution in [0.5, 0.6) is 0 Å². The molecule has 2 N–H and O–H groups in total. The Balaban J connectivity index is 1.58.